The number of nitrogens with one attached hydrogen (secondary N) is 3. The number of carbonyl (C=O) groups is 1. The van der Waals surface area contributed by atoms with Crippen LogP contribution in [0.4, 0.5) is 0 Å². The fourth-order valence-corrected chi connectivity index (χ4v) is 2.64. The first-order valence-corrected chi connectivity index (χ1v) is 10.1. The van der Waals surface area contributed by atoms with Crippen LogP contribution in [0.15, 0.2) is 46.0 Å². The van der Waals surface area contributed by atoms with Gasteiger partial charge in [-0.25, -0.2) is 4.99 Å². The molecule has 8 nitrogen and oxygen atoms in total. The Kier molecular flexibility index (Phi) is 10.3. The molecule has 0 spiro atoms. The second-order valence-electron chi connectivity index (χ2n) is 6.71. The molecule has 1 aromatic heterocycles. The molecule has 1 aromatic carbocycles. The van der Waals surface area contributed by atoms with Crippen molar-refractivity contribution in [3.8, 4) is 5.75 Å². The van der Waals surface area contributed by atoms with Crippen LogP contribution in [0.3, 0.4) is 0 Å². The van der Waals surface area contributed by atoms with Crippen molar-refractivity contribution in [1.82, 2.24) is 16.0 Å². The number of guanidine groups is 1. The van der Waals surface area contributed by atoms with E-state index >= 15 is 0 Å². The van der Waals surface area contributed by atoms with Gasteiger partial charge in [0, 0.05) is 32.2 Å². The number of rotatable bonds is 12. The lowest BCUT2D eigenvalue weighted by atomic mass is 10.1. The van der Waals surface area contributed by atoms with E-state index in [1.54, 1.807) is 19.4 Å². The van der Waals surface area contributed by atoms with E-state index in [2.05, 4.69) is 20.9 Å². The third-order valence-electron chi connectivity index (χ3n) is 4.18. The maximum atomic E-state index is 12.1. The minimum Gasteiger partial charge on any atom is -0.493 e. The van der Waals surface area contributed by atoms with Crippen molar-refractivity contribution in [2.45, 2.75) is 33.4 Å². The number of hydrogen-bond donors (Lipinski definition) is 3. The lowest BCUT2D eigenvalue weighted by Gasteiger charge is -2.13. The van der Waals surface area contributed by atoms with Gasteiger partial charge in [-0.15, -0.1) is 0 Å². The third-order valence-corrected chi connectivity index (χ3v) is 4.18. The average Bonchev–Trinajstić information content (AvgIpc) is 3.26. The van der Waals surface area contributed by atoms with E-state index in [9.17, 15) is 4.79 Å². The van der Waals surface area contributed by atoms with Crippen molar-refractivity contribution in [2.24, 2.45) is 4.99 Å². The number of benzene rings is 1. The Morgan fingerprint density at radius 2 is 2.03 bits per heavy atom. The highest BCUT2D eigenvalue weighted by molar-refractivity contribution is 5.86. The predicted octanol–water partition coefficient (Wildman–Crippen LogP) is 2.37. The number of nitrogens with zero attached hydrogens (tertiary/aromatic N) is 1. The summed E-state index contributed by atoms with van der Waals surface area (Å²) < 4.78 is 16.2. The molecular formula is C22H32N4O4. The van der Waals surface area contributed by atoms with Crippen molar-refractivity contribution in [2.75, 3.05) is 33.4 Å². The van der Waals surface area contributed by atoms with Crippen LogP contribution in [-0.4, -0.2) is 45.3 Å². The molecule has 2 aromatic rings. The fourth-order valence-electron chi connectivity index (χ4n) is 2.64. The molecule has 164 valence electrons. The van der Waals surface area contributed by atoms with Gasteiger partial charge in [-0.2, -0.15) is 0 Å². The highest BCUT2D eigenvalue weighted by atomic mass is 16.5. The fraction of sp³-hybridized carbons (Fsp3) is 0.455. The van der Waals surface area contributed by atoms with Crippen LogP contribution < -0.4 is 20.7 Å². The summed E-state index contributed by atoms with van der Waals surface area (Å²) in [5.41, 5.74) is 2.11. The molecule has 0 aliphatic heterocycles. The standard InChI is InChI=1S/C22H32N4O4/c1-4-23-22(26-16-21(27)24-15-19-7-5-11-29-19)25-14-18-9-8-17(2)13-20(18)30-12-6-10-28-3/h5,7-9,11,13H,4,6,10,12,14-16H2,1-3H3,(H,24,27)(H2,23,25,26). The van der Waals surface area contributed by atoms with Crippen LogP contribution in [0.5, 0.6) is 5.75 Å². The molecule has 0 bridgehead atoms. The normalized spacial score (nSPS) is 11.2. The summed E-state index contributed by atoms with van der Waals surface area (Å²) >= 11 is 0. The number of hydrogen-bond acceptors (Lipinski definition) is 5. The molecule has 0 aliphatic rings. The van der Waals surface area contributed by atoms with Crippen molar-refractivity contribution < 1.29 is 18.7 Å². The number of furan rings is 1. The van der Waals surface area contributed by atoms with Crippen LogP contribution in [-0.2, 0) is 22.6 Å². The van der Waals surface area contributed by atoms with Gasteiger partial charge < -0.3 is 29.8 Å². The monoisotopic (exact) mass is 416 g/mol. The van der Waals surface area contributed by atoms with E-state index in [-0.39, 0.29) is 12.5 Å². The summed E-state index contributed by atoms with van der Waals surface area (Å²) in [4.78, 5) is 16.6. The Labute approximate surface area is 178 Å². The molecule has 2 rings (SSSR count). The second kappa shape index (κ2) is 13.3. The maximum Gasteiger partial charge on any atom is 0.239 e. The molecule has 0 radical (unpaired) electrons. The van der Waals surface area contributed by atoms with E-state index in [4.69, 9.17) is 13.9 Å². The number of ether oxygens (including phenoxy) is 2. The van der Waals surface area contributed by atoms with E-state index in [0.717, 1.165) is 23.3 Å². The van der Waals surface area contributed by atoms with E-state index in [1.165, 1.54) is 0 Å². The average molecular weight is 417 g/mol. The Morgan fingerprint density at radius 1 is 1.17 bits per heavy atom. The van der Waals surface area contributed by atoms with E-state index in [1.807, 2.05) is 38.1 Å². The molecule has 0 unspecified atom stereocenters. The van der Waals surface area contributed by atoms with E-state index in [0.29, 0.717) is 44.6 Å². The largest absolute Gasteiger partial charge is 0.493 e. The lowest BCUT2D eigenvalue weighted by Crippen LogP contribution is -2.43. The number of aliphatic imine (C=N–C) groups is 1. The molecule has 0 fully saturated rings. The van der Waals surface area contributed by atoms with Crippen LogP contribution in [0.2, 0.25) is 0 Å². The number of aryl methyl sites for hydroxylation is 1. The van der Waals surface area contributed by atoms with Gasteiger partial charge in [0.15, 0.2) is 5.96 Å². The summed E-state index contributed by atoms with van der Waals surface area (Å²) in [5, 5.41) is 9.00. The lowest BCUT2D eigenvalue weighted by molar-refractivity contribution is -0.120. The smallest absolute Gasteiger partial charge is 0.239 e. The van der Waals surface area contributed by atoms with Gasteiger partial charge in [-0.05, 0) is 37.6 Å². The zero-order chi connectivity index (χ0) is 21.6. The number of carbonyl (C=O) groups excluding carboxylic acids is 1. The third kappa shape index (κ3) is 8.57. The molecule has 30 heavy (non-hydrogen) atoms. The summed E-state index contributed by atoms with van der Waals surface area (Å²) in [6.07, 6.45) is 2.40. The van der Waals surface area contributed by atoms with Gasteiger partial charge in [-0.3, -0.25) is 4.79 Å². The van der Waals surface area contributed by atoms with Gasteiger partial charge in [0.25, 0.3) is 0 Å². The van der Waals surface area contributed by atoms with Crippen LogP contribution in [0.1, 0.15) is 30.2 Å². The first-order valence-electron chi connectivity index (χ1n) is 10.1. The zero-order valence-corrected chi connectivity index (χ0v) is 18.0. The van der Waals surface area contributed by atoms with Gasteiger partial charge in [0.05, 0.1) is 32.5 Å². The van der Waals surface area contributed by atoms with Crippen LogP contribution in [0.25, 0.3) is 0 Å². The molecule has 8 heteroatoms. The van der Waals surface area contributed by atoms with Gasteiger partial charge in [-0.1, -0.05) is 12.1 Å². The molecule has 1 heterocycles. The quantitative estimate of drug-likeness (QED) is 0.279. The summed E-state index contributed by atoms with van der Waals surface area (Å²) in [6, 6.07) is 9.67. The Hall–Kier alpha value is -3.00. The van der Waals surface area contributed by atoms with Crippen LogP contribution >= 0.6 is 0 Å². The van der Waals surface area contributed by atoms with Crippen molar-refractivity contribution in [1.29, 1.82) is 0 Å². The molecule has 1 amide bonds. The molecule has 0 aliphatic carbocycles. The van der Waals surface area contributed by atoms with Crippen molar-refractivity contribution in [3.63, 3.8) is 0 Å². The maximum absolute atomic E-state index is 12.1. The van der Waals surface area contributed by atoms with Gasteiger partial charge >= 0.3 is 0 Å². The van der Waals surface area contributed by atoms with Gasteiger partial charge in [0.1, 0.15) is 11.5 Å². The zero-order valence-electron chi connectivity index (χ0n) is 18.0. The first-order chi connectivity index (χ1) is 14.6. The number of amides is 1. The minimum absolute atomic E-state index is 0.112. The molecule has 3 N–H and O–H groups in total. The van der Waals surface area contributed by atoms with E-state index < -0.39 is 0 Å². The predicted molar refractivity (Wildman–Crippen MR) is 117 cm³/mol. The topological polar surface area (TPSA) is 97.1 Å². The van der Waals surface area contributed by atoms with Gasteiger partial charge in [0.2, 0.25) is 5.91 Å². The molecule has 0 atom stereocenters. The molecule has 0 saturated carbocycles. The summed E-state index contributed by atoms with van der Waals surface area (Å²) in [7, 11) is 1.68. The first kappa shape index (κ1) is 23.3. The second-order valence-corrected chi connectivity index (χ2v) is 6.71. The molecule has 0 saturated heterocycles. The minimum atomic E-state index is -0.144. The van der Waals surface area contributed by atoms with Crippen molar-refractivity contribution in [3.05, 3.63) is 53.5 Å². The summed E-state index contributed by atoms with van der Waals surface area (Å²) in [5.74, 6) is 1.95. The van der Waals surface area contributed by atoms with Crippen LogP contribution in [0, 0.1) is 6.92 Å². The highest BCUT2D eigenvalue weighted by Crippen LogP contribution is 2.21. The number of methoxy groups -OCH3 is 1. The Balaban J connectivity index is 1.90. The molecular weight excluding hydrogens is 384 g/mol. The SMILES string of the molecule is CCNC(=NCc1ccc(C)cc1OCCCOC)NCC(=O)NCc1ccco1. The van der Waals surface area contributed by atoms with Crippen molar-refractivity contribution >= 4 is 11.9 Å². The summed E-state index contributed by atoms with van der Waals surface area (Å²) in [6.45, 7) is 6.84. The Bertz CT molecular complexity index is 790. The Morgan fingerprint density at radius 3 is 2.77 bits per heavy atom. The highest BCUT2D eigenvalue weighted by Gasteiger charge is 2.07.